The van der Waals surface area contributed by atoms with Crippen LogP contribution in [0.15, 0.2) is 6.20 Å². The highest BCUT2D eigenvalue weighted by Crippen LogP contribution is 2.16. The van der Waals surface area contributed by atoms with E-state index in [4.69, 9.17) is 4.74 Å². The summed E-state index contributed by atoms with van der Waals surface area (Å²) in [7, 11) is 3.73. The van der Waals surface area contributed by atoms with Crippen LogP contribution in [-0.4, -0.2) is 47.0 Å². The standard InChI is InChI=1S/C15H26N4O2/c1-12-13(11-17-19(12)3)10-16-15(20)18(2)8-4-6-14-7-5-9-21-14/h11,14H,4-10H2,1-3H3,(H,16,20). The Hall–Kier alpha value is -1.56. The van der Waals surface area contributed by atoms with E-state index in [0.717, 1.165) is 43.7 Å². The van der Waals surface area contributed by atoms with E-state index in [9.17, 15) is 4.79 Å². The summed E-state index contributed by atoms with van der Waals surface area (Å²) in [5.74, 6) is 0. The number of nitrogens with zero attached hydrogens (tertiary/aromatic N) is 3. The Morgan fingerprint density at radius 3 is 3.05 bits per heavy atom. The van der Waals surface area contributed by atoms with Gasteiger partial charge in [0.2, 0.25) is 0 Å². The second kappa shape index (κ2) is 7.45. The summed E-state index contributed by atoms with van der Waals surface area (Å²) in [5.41, 5.74) is 2.13. The molecule has 1 N–H and O–H groups in total. The molecule has 0 saturated carbocycles. The van der Waals surface area contributed by atoms with E-state index < -0.39 is 0 Å². The first kappa shape index (κ1) is 15.8. The molecule has 0 aliphatic carbocycles. The molecule has 1 aromatic rings. The predicted octanol–water partition coefficient (Wildman–Crippen LogP) is 1.83. The van der Waals surface area contributed by atoms with Crippen molar-refractivity contribution in [1.82, 2.24) is 20.0 Å². The summed E-state index contributed by atoms with van der Waals surface area (Å²) in [6, 6.07) is -0.0365. The zero-order valence-corrected chi connectivity index (χ0v) is 13.3. The summed E-state index contributed by atoms with van der Waals surface area (Å²) in [4.78, 5) is 13.8. The van der Waals surface area contributed by atoms with Crippen molar-refractivity contribution in [3.8, 4) is 0 Å². The SMILES string of the molecule is Cc1c(CNC(=O)N(C)CCCC2CCCO2)cnn1C. The third-order valence-electron chi connectivity index (χ3n) is 4.16. The van der Waals surface area contributed by atoms with Crippen LogP contribution in [0.25, 0.3) is 0 Å². The number of carbonyl (C=O) groups is 1. The van der Waals surface area contributed by atoms with Gasteiger partial charge >= 0.3 is 6.03 Å². The number of hydrogen-bond acceptors (Lipinski definition) is 3. The molecule has 1 aliphatic rings. The Bertz CT molecular complexity index is 466. The Labute approximate surface area is 126 Å². The molecule has 6 heteroatoms. The van der Waals surface area contributed by atoms with Gasteiger partial charge in [0.05, 0.1) is 12.3 Å². The monoisotopic (exact) mass is 294 g/mol. The lowest BCUT2D eigenvalue weighted by atomic mass is 10.1. The fourth-order valence-electron chi connectivity index (χ4n) is 2.55. The van der Waals surface area contributed by atoms with Crippen molar-refractivity contribution in [3.63, 3.8) is 0 Å². The van der Waals surface area contributed by atoms with Gasteiger partial charge in [-0.3, -0.25) is 4.68 Å². The minimum absolute atomic E-state index is 0.0365. The van der Waals surface area contributed by atoms with E-state index in [1.165, 1.54) is 6.42 Å². The van der Waals surface area contributed by atoms with E-state index in [1.807, 2.05) is 25.7 Å². The number of nitrogens with one attached hydrogen (secondary N) is 1. The van der Waals surface area contributed by atoms with Crippen molar-refractivity contribution in [2.24, 2.45) is 7.05 Å². The van der Waals surface area contributed by atoms with Gasteiger partial charge in [0.25, 0.3) is 0 Å². The summed E-state index contributed by atoms with van der Waals surface area (Å²) >= 11 is 0. The minimum atomic E-state index is -0.0365. The number of urea groups is 1. The van der Waals surface area contributed by atoms with Gasteiger partial charge in [0.15, 0.2) is 0 Å². The average molecular weight is 294 g/mol. The maximum Gasteiger partial charge on any atom is 0.317 e. The molecule has 0 aromatic carbocycles. The van der Waals surface area contributed by atoms with Crippen LogP contribution >= 0.6 is 0 Å². The second-order valence-corrected chi connectivity index (χ2v) is 5.74. The van der Waals surface area contributed by atoms with Crippen molar-refractivity contribution < 1.29 is 9.53 Å². The third-order valence-corrected chi connectivity index (χ3v) is 4.16. The zero-order valence-electron chi connectivity index (χ0n) is 13.3. The van der Waals surface area contributed by atoms with E-state index in [0.29, 0.717) is 12.6 Å². The van der Waals surface area contributed by atoms with Gasteiger partial charge < -0.3 is 15.0 Å². The Morgan fingerprint density at radius 2 is 2.43 bits per heavy atom. The number of hydrogen-bond donors (Lipinski definition) is 1. The molecule has 0 radical (unpaired) electrons. The lowest BCUT2D eigenvalue weighted by Crippen LogP contribution is -2.37. The lowest BCUT2D eigenvalue weighted by molar-refractivity contribution is 0.100. The Balaban J connectivity index is 1.66. The molecule has 0 bridgehead atoms. The molecule has 0 spiro atoms. The number of rotatable bonds is 6. The molecular formula is C15H26N4O2. The fourth-order valence-corrected chi connectivity index (χ4v) is 2.55. The van der Waals surface area contributed by atoms with Crippen LogP contribution in [0, 0.1) is 6.92 Å². The van der Waals surface area contributed by atoms with Crippen molar-refractivity contribution in [2.75, 3.05) is 20.2 Å². The molecule has 1 fully saturated rings. The van der Waals surface area contributed by atoms with Gasteiger partial charge in [0.1, 0.15) is 0 Å². The first-order valence-corrected chi connectivity index (χ1v) is 7.66. The number of ether oxygens (including phenoxy) is 1. The maximum atomic E-state index is 12.0. The van der Waals surface area contributed by atoms with Gasteiger partial charge in [-0.1, -0.05) is 0 Å². The lowest BCUT2D eigenvalue weighted by Gasteiger charge is -2.18. The van der Waals surface area contributed by atoms with Gasteiger partial charge in [-0.15, -0.1) is 0 Å². The Morgan fingerprint density at radius 1 is 1.62 bits per heavy atom. The highest BCUT2D eigenvalue weighted by atomic mass is 16.5. The van der Waals surface area contributed by atoms with Crippen LogP contribution in [0.5, 0.6) is 0 Å². The van der Waals surface area contributed by atoms with E-state index in [-0.39, 0.29) is 6.03 Å². The first-order chi connectivity index (χ1) is 10.1. The fraction of sp³-hybridized carbons (Fsp3) is 0.733. The summed E-state index contributed by atoms with van der Waals surface area (Å²) in [6.45, 7) is 4.18. The van der Waals surface area contributed by atoms with E-state index in [2.05, 4.69) is 10.4 Å². The van der Waals surface area contributed by atoms with Crippen LogP contribution in [0.3, 0.4) is 0 Å². The molecule has 1 atom stereocenters. The highest BCUT2D eigenvalue weighted by Gasteiger charge is 2.16. The topological polar surface area (TPSA) is 59.4 Å². The molecule has 21 heavy (non-hydrogen) atoms. The molecule has 1 unspecified atom stereocenters. The number of amides is 2. The Kier molecular flexibility index (Phi) is 5.61. The molecule has 6 nitrogen and oxygen atoms in total. The molecular weight excluding hydrogens is 268 g/mol. The normalized spacial score (nSPS) is 18.0. The van der Waals surface area contributed by atoms with Gasteiger partial charge in [-0.25, -0.2) is 4.79 Å². The predicted molar refractivity (Wildman–Crippen MR) is 81.0 cm³/mol. The molecule has 2 amide bonds. The van der Waals surface area contributed by atoms with Crippen LogP contribution in [0.1, 0.15) is 36.9 Å². The molecule has 1 saturated heterocycles. The summed E-state index contributed by atoms with van der Waals surface area (Å²) < 4.78 is 7.40. The van der Waals surface area contributed by atoms with E-state index >= 15 is 0 Å². The first-order valence-electron chi connectivity index (χ1n) is 7.66. The van der Waals surface area contributed by atoms with Crippen LogP contribution in [0.2, 0.25) is 0 Å². The molecule has 1 aliphatic heterocycles. The largest absolute Gasteiger partial charge is 0.378 e. The molecule has 118 valence electrons. The van der Waals surface area contributed by atoms with Gasteiger partial charge in [-0.05, 0) is 32.6 Å². The van der Waals surface area contributed by atoms with Gasteiger partial charge in [-0.2, -0.15) is 5.10 Å². The average Bonchev–Trinajstić information content (AvgIpc) is 3.09. The maximum absolute atomic E-state index is 12.0. The molecule has 1 aromatic heterocycles. The highest BCUT2D eigenvalue weighted by molar-refractivity contribution is 5.73. The second-order valence-electron chi connectivity index (χ2n) is 5.74. The van der Waals surface area contributed by atoms with Gasteiger partial charge in [0, 0.05) is 45.0 Å². The quantitative estimate of drug-likeness (QED) is 0.871. The summed E-state index contributed by atoms with van der Waals surface area (Å²) in [6.07, 6.45) is 6.56. The van der Waals surface area contributed by atoms with Crippen LogP contribution in [-0.2, 0) is 18.3 Å². The molecule has 2 rings (SSSR count). The number of aryl methyl sites for hydroxylation is 1. The summed E-state index contributed by atoms with van der Waals surface area (Å²) in [5, 5.41) is 7.10. The van der Waals surface area contributed by atoms with Crippen LogP contribution in [0.4, 0.5) is 4.79 Å². The van der Waals surface area contributed by atoms with Crippen LogP contribution < -0.4 is 5.32 Å². The van der Waals surface area contributed by atoms with Crippen molar-refractivity contribution >= 4 is 6.03 Å². The van der Waals surface area contributed by atoms with Crippen molar-refractivity contribution in [1.29, 1.82) is 0 Å². The number of carbonyl (C=O) groups excluding carboxylic acids is 1. The minimum Gasteiger partial charge on any atom is -0.378 e. The van der Waals surface area contributed by atoms with E-state index in [1.54, 1.807) is 11.1 Å². The zero-order chi connectivity index (χ0) is 15.2. The number of aromatic nitrogens is 2. The third kappa shape index (κ3) is 4.46. The smallest absolute Gasteiger partial charge is 0.317 e. The van der Waals surface area contributed by atoms with Crippen molar-refractivity contribution in [3.05, 3.63) is 17.5 Å². The molecule has 2 heterocycles. The van der Waals surface area contributed by atoms with Crippen molar-refractivity contribution in [2.45, 2.75) is 45.3 Å².